The third kappa shape index (κ3) is 20.1. The van der Waals surface area contributed by atoms with Gasteiger partial charge in [-0.25, -0.2) is 29.5 Å². The summed E-state index contributed by atoms with van der Waals surface area (Å²) in [5.41, 5.74) is 14.6. The molecule has 500 valence electrons. The van der Waals surface area contributed by atoms with E-state index in [1.807, 2.05) is 107 Å². The average Bonchev–Trinajstić information content (AvgIpc) is 1.60. The third-order valence-electron chi connectivity index (χ3n) is 14.6. The van der Waals surface area contributed by atoms with Crippen molar-refractivity contribution in [3.63, 3.8) is 0 Å². The number of benzene rings is 4. The number of nitrogens with zero attached hydrogens (tertiary/aromatic N) is 10. The Kier molecular flexibility index (Phi) is 25.6. The molecule has 6 heterocycles. The summed E-state index contributed by atoms with van der Waals surface area (Å²) in [6.45, 7) is 11.3. The zero-order valence-corrected chi connectivity index (χ0v) is 53.2. The van der Waals surface area contributed by atoms with E-state index in [0.717, 1.165) is 19.2 Å². The van der Waals surface area contributed by atoms with Crippen LogP contribution in [0.1, 0.15) is 45.7 Å². The molecule has 2 saturated heterocycles. The van der Waals surface area contributed by atoms with Crippen LogP contribution in [0.5, 0.6) is 23.0 Å². The van der Waals surface area contributed by atoms with E-state index in [0.29, 0.717) is 133 Å². The van der Waals surface area contributed by atoms with Gasteiger partial charge in [0.05, 0.1) is 36.1 Å². The molecule has 2 fully saturated rings. The highest BCUT2D eigenvalue weighted by atomic mass is 19.4. The Morgan fingerprint density at radius 3 is 1.40 bits per heavy atom. The van der Waals surface area contributed by atoms with Gasteiger partial charge in [0.1, 0.15) is 64.2 Å². The molecular formula is C67H77F5N12O10. The van der Waals surface area contributed by atoms with Gasteiger partial charge in [0, 0.05) is 89.9 Å². The molecule has 27 heteroatoms. The molecule has 0 unspecified atom stereocenters. The Morgan fingerprint density at radius 2 is 1.01 bits per heavy atom. The molecule has 8 aromatic rings. The van der Waals surface area contributed by atoms with Crippen LogP contribution in [0.3, 0.4) is 0 Å². The minimum absolute atomic E-state index is 0.0946. The summed E-state index contributed by atoms with van der Waals surface area (Å²) in [5, 5.41) is 9.18. The third-order valence-corrected chi connectivity index (χ3v) is 14.6. The number of nitrogens with two attached hydrogens (primary N) is 2. The van der Waals surface area contributed by atoms with Crippen LogP contribution in [0.25, 0.3) is 44.3 Å². The fourth-order valence-electron chi connectivity index (χ4n) is 10.1. The molecule has 94 heavy (non-hydrogen) atoms. The van der Waals surface area contributed by atoms with E-state index in [2.05, 4.69) is 24.8 Å². The maximum atomic E-state index is 16.2. The zero-order chi connectivity index (χ0) is 68.1. The Hall–Kier alpha value is -9.83. The number of likely N-dealkylation sites (tertiary alicyclic amines) is 2. The van der Waals surface area contributed by atoms with Gasteiger partial charge in [0.25, 0.3) is 0 Å². The number of amides is 2. The minimum Gasteiger partial charge on any atom is -0.478 e. The van der Waals surface area contributed by atoms with Crippen LogP contribution in [-0.2, 0) is 28.6 Å². The van der Waals surface area contributed by atoms with E-state index >= 15 is 8.78 Å². The first kappa shape index (κ1) is 71.6. The fraction of sp³-hybridized carbons (Fsp3) is 0.343. The predicted molar refractivity (Wildman–Crippen MR) is 346 cm³/mol. The molecule has 4 aromatic heterocycles. The first-order chi connectivity index (χ1) is 44.9. The summed E-state index contributed by atoms with van der Waals surface area (Å²) >= 11 is 0. The lowest BCUT2D eigenvalue weighted by Gasteiger charge is -2.24. The largest absolute Gasteiger partial charge is 0.478 e. The number of hydrogen-bond donors (Lipinski definition) is 3. The number of ether oxygens (including phenoxy) is 5. The van der Waals surface area contributed by atoms with Crippen molar-refractivity contribution in [2.24, 2.45) is 0 Å². The molecule has 22 nitrogen and oxygen atoms in total. The number of aliphatic carboxylic acids is 1. The molecule has 0 spiro atoms. The Morgan fingerprint density at radius 1 is 0.617 bits per heavy atom. The number of aromatic nitrogens is 6. The van der Waals surface area contributed by atoms with Gasteiger partial charge in [-0.1, -0.05) is 72.8 Å². The van der Waals surface area contributed by atoms with Crippen LogP contribution in [-0.4, -0.2) is 184 Å². The van der Waals surface area contributed by atoms with E-state index in [9.17, 15) is 27.6 Å². The lowest BCUT2D eigenvalue weighted by atomic mass is 10.1. The van der Waals surface area contributed by atoms with Gasteiger partial charge >= 0.3 is 18.2 Å². The molecule has 10 rings (SSSR count). The maximum Gasteiger partial charge on any atom is 0.446 e. The van der Waals surface area contributed by atoms with Crippen molar-refractivity contribution in [1.82, 2.24) is 48.7 Å². The molecule has 2 atom stereocenters. The van der Waals surface area contributed by atoms with Crippen molar-refractivity contribution >= 4 is 58.0 Å². The van der Waals surface area contributed by atoms with Crippen molar-refractivity contribution in [2.45, 2.75) is 57.5 Å². The number of carboxylic acids is 1. The first-order valence-electron chi connectivity index (χ1n) is 29.9. The van der Waals surface area contributed by atoms with Gasteiger partial charge in [-0.3, -0.25) is 18.7 Å². The number of rotatable bonds is 20. The Bertz CT molecular complexity index is 3850. The van der Waals surface area contributed by atoms with Crippen molar-refractivity contribution in [2.75, 3.05) is 105 Å². The number of alkyl halides is 3. The second kappa shape index (κ2) is 33.7. The first-order valence-corrected chi connectivity index (χ1v) is 29.9. The number of hydrogen-bond acceptors (Lipinski definition) is 17. The number of carboxylic acid groups (broad SMARTS) is 1. The number of anilines is 2. The van der Waals surface area contributed by atoms with Crippen molar-refractivity contribution in [1.29, 1.82) is 0 Å². The van der Waals surface area contributed by atoms with E-state index < -0.39 is 42.0 Å². The average molecular weight is 1310 g/mol. The molecule has 0 aliphatic carbocycles. The summed E-state index contributed by atoms with van der Waals surface area (Å²) in [6.07, 6.45) is 3.89. The molecule has 2 amide bonds. The highest BCUT2D eigenvalue weighted by molar-refractivity contribution is 6.02. The van der Waals surface area contributed by atoms with Gasteiger partial charge < -0.3 is 59.9 Å². The molecule has 0 radical (unpaired) electrons. The number of para-hydroxylation sites is 2. The van der Waals surface area contributed by atoms with Crippen LogP contribution >= 0.6 is 0 Å². The summed E-state index contributed by atoms with van der Waals surface area (Å²) in [7, 11) is 7.18. The van der Waals surface area contributed by atoms with Crippen LogP contribution in [0.4, 0.5) is 38.4 Å². The number of aldehydes is 1. The van der Waals surface area contributed by atoms with E-state index in [-0.39, 0.29) is 29.6 Å². The van der Waals surface area contributed by atoms with Gasteiger partial charge in [0.2, 0.25) is 24.1 Å². The SMILES string of the molecule is CC(C)(C)OC(=O)N1CC[C@@H](n2c(F)c(-c3ccc(Oc4ccccc4)cc3)c3c(N)ncnc32)C1.COCCN(C)C/C=C/C(=O)N1CC[C@@H](n2c(F)c(-c3ccc(Oc4ccccc4)cc3)c3c(N)ncnc32)C1.COCCN(C)C/C=C/C(=O)O.O=CC(F)(F)F. The van der Waals surface area contributed by atoms with E-state index in [4.69, 9.17) is 45.1 Å². The molecule has 0 bridgehead atoms. The summed E-state index contributed by atoms with van der Waals surface area (Å²) < 4.78 is 93.9. The monoisotopic (exact) mass is 1300 g/mol. The number of nitrogen functional groups attached to an aromatic ring is 2. The number of carbonyl (C=O) groups is 4. The lowest BCUT2D eigenvalue weighted by molar-refractivity contribution is -0.156. The van der Waals surface area contributed by atoms with Gasteiger partial charge in [-0.15, -0.1) is 0 Å². The highest BCUT2D eigenvalue weighted by Gasteiger charge is 2.36. The topological polar surface area (TPSA) is 261 Å². The normalized spacial score (nSPS) is 14.8. The summed E-state index contributed by atoms with van der Waals surface area (Å²) in [6, 6.07) is 32.6. The molecule has 2 aliphatic heterocycles. The standard InChI is InChI=1S/C30H33FN6O3.C27H28FN5O3.C8H15NO3.C2HF3O/c1-35(17-18-39-2)15-6-9-25(38)36-16-14-22(19-36)37-28(31)26(27-29(32)33-20-34-30(27)37)21-10-12-24(13-11-21)40-23-7-4-3-5-8-23;1-27(2,3)36-26(34)32-14-13-18(15-32)33-23(28)21(22-24(29)30-16-31-25(22)33)17-9-11-20(12-10-17)35-19-7-5-4-6-8-19;1-9(6-7-12-2)5-3-4-8(10)11;3-2(4,5)1-6/h3-13,20,22H,14-19H2,1-2H3,(H2,32,33,34);4-12,16,18H,13-15H2,1-3H3,(H2,29,30,31);3-4H,5-7H2,1-2H3,(H,10,11);1H/b9-6+;;4-3+;/t22-;18-;;/m11../s1. The summed E-state index contributed by atoms with van der Waals surface area (Å²) in [4.78, 5) is 68.6. The quantitative estimate of drug-likeness (QED) is 0.0364. The number of likely N-dealkylation sites (N-methyl/N-ethyl adjacent to an activating group) is 2. The van der Waals surface area contributed by atoms with Gasteiger partial charge in [-0.2, -0.15) is 22.0 Å². The number of carbonyl (C=O) groups excluding carboxylic acids is 3. The smallest absolute Gasteiger partial charge is 0.446 e. The second-order valence-corrected chi connectivity index (χ2v) is 22.8. The van der Waals surface area contributed by atoms with E-state index in [1.54, 1.807) is 89.3 Å². The summed E-state index contributed by atoms with van der Waals surface area (Å²) in [5.74, 6) is 1.16. The second-order valence-electron chi connectivity index (χ2n) is 22.8. The highest BCUT2D eigenvalue weighted by Crippen LogP contribution is 2.42. The maximum absolute atomic E-state index is 16.2. The van der Waals surface area contributed by atoms with Crippen LogP contribution in [0, 0.1) is 11.9 Å². The van der Waals surface area contributed by atoms with Crippen LogP contribution in [0.15, 0.2) is 146 Å². The molecule has 4 aromatic carbocycles. The number of halogens is 5. The van der Waals surface area contributed by atoms with Crippen molar-refractivity contribution < 1.29 is 69.9 Å². The molecule has 0 saturated carbocycles. The Labute approximate surface area is 540 Å². The van der Waals surface area contributed by atoms with Crippen LogP contribution in [0.2, 0.25) is 0 Å². The van der Waals surface area contributed by atoms with Crippen molar-refractivity contribution in [3.05, 3.63) is 158 Å². The number of methoxy groups -OCH3 is 2. The molecular weight excluding hydrogens is 1230 g/mol. The van der Waals surface area contributed by atoms with E-state index in [1.165, 1.54) is 17.2 Å². The number of fused-ring (bicyclic) bond motifs is 2. The predicted octanol–water partition coefficient (Wildman–Crippen LogP) is 11.3. The van der Waals surface area contributed by atoms with Crippen molar-refractivity contribution in [3.8, 4) is 45.3 Å². The minimum atomic E-state index is -4.64. The fourth-order valence-corrected chi connectivity index (χ4v) is 10.1. The Balaban J connectivity index is 0.000000212. The van der Waals surface area contributed by atoms with Gasteiger partial charge in [0.15, 0.2) is 0 Å². The van der Waals surface area contributed by atoms with Crippen LogP contribution < -0.4 is 20.9 Å². The molecule has 2 aliphatic rings. The lowest BCUT2D eigenvalue weighted by Crippen LogP contribution is -2.35. The zero-order valence-electron chi connectivity index (χ0n) is 53.2. The molecule has 5 N–H and O–H groups in total. The van der Waals surface area contributed by atoms with Gasteiger partial charge in [-0.05, 0) is 107 Å².